The van der Waals surface area contributed by atoms with Gasteiger partial charge in [-0.05, 0) is 48.9 Å². The quantitative estimate of drug-likeness (QED) is 0.335. The number of thiazole rings is 1. The first-order valence-electron chi connectivity index (χ1n) is 10.9. The Balaban J connectivity index is 1.62. The monoisotopic (exact) mass is 513 g/mol. The minimum atomic E-state index is -3.71. The lowest BCUT2D eigenvalue weighted by molar-refractivity contribution is 0.0997. The van der Waals surface area contributed by atoms with E-state index in [-0.39, 0.29) is 11.4 Å². The van der Waals surface area contributed by atoms with Crippen molar-refractivity contribution in [1.29, 1.82) is 0 Å². The van der Waals surface area contributed by atoms with Crippen molar-refractivity contribution in [3.8, 4) is 0 Å². The molecule has 9 heteroatoms. The van der Waals surface area contributed by atoms with Crippen LogP contribution in [0.25, 0.3) is 10.2 Å². The molecule has 0 saturated carbocycles. The molecular formula is C25H24ClN3O3S2. The van der Waals surface area contributed by atoms with Gasteiger partial charge in [0.1, 0.15) is 0 Å². The van der Waals surface area contributed by atoms with Gasteiger partial charge in [0.2, 0.25) is 10.0 Å². The Morgan fingerprint density at radius 1 is 1.00 bits per heavy atom. The van der Waals surface area contributed by atoms with E-state index in [1.807, 2.05) is 60.0 Å². The van der Waals surface area contributed by atoms with Crippen LogP contribution in [0.5, 0.6) is 0 Å². The molecule has 0 N–H and O–H groups in total. The lowest BCUT2D eigenvalue weighted by Gasteiger charge is -2.20. The first-order chi connectivity index (χ1) is 16.3. The normalized spacial score (nSPS) is 12.5. The molecule has 0 aliphatic rings. The molecule has 0 saturated heterocycles. The van der Waals surface area contributed by atoms with Crippen LogP contribution in [0, 0.1) is 0 Å². The van der Waals surface area contributed by atoms with Gasteiger partial charge in [-0.1, -0.05) is 66.3 Å². The molecule has 6 nitrogen and oxygen atoms in total. The van der Waals surface area contributed by atoms with Gasteiger partial charge in [-0.25, -0.2) is 8.42 Å². The average molecular weight is 514 g/mol. The van der Waals surface area contributed by atoms with Crippen molar-refractivity contribution >= 4 is 49.1 Å². The number of sulfonamides is 1. The number of nitrogens with zero attached hydrogens (tertiary/aromatic N) is 3. The van der Waals surface area contributed by atoms with Crippen molar-refractivity contribution in [1.82, 2.24) is 8.87 Å². The van der Waals surface area contributed by atoms with Gasteiger partial charge in [-0.2, -0.15) is 9.30 Å². The molecule has 0 aliphatic carbocycles. The van der Waals surface area contributed by atoms with Crippen LogP contribution < -0.4 is 4.80 Å². The molecule has 0 fully saturated rings. The summed E-state index contributed by atoms with van der Waals surface area (Å²) < 4.78 is 30.6. The summed E-state index contributed by atoms with van der Waals surface area (Å²) in [5.74, 6) is -0.439. The second kappa shape index (κ2) is 10.2. The van der Waals surface area contributed by atoms with Gasteiger partial charge >= 0.3 is 0 Å². The lowest BCUT2D eigenvalue weighted by Crippen LogP contribution is -2.30. The molecule has 0 spiro atoms. The molecule has 1 aromatic heterocycles. The van der Waals surface area contributed by atoms with Crippen molar-refractivity contribution < 1.29 is 13.2 Å². The second-order valence-corrected chi connectivity index (χ2v) is 10.9. The number of aryl methyl sites for hydroxylation is 1. The van der Waals surface area contributed by atoms with Crippen molar-refractivity contribution in [2.45, 2.75) is 31.8 Å². The zero-order valence-electron chi connectivity index (χ0n) is 18.8. The summed E-state index contributed by atoms with van der Waals surface area (Å²) in [5.41, 5.74) is 2.07. The van der Waals surface area contributed by atoms with E-state index in [0.717, 1.165) is 15.8 Å². The Bertz CT molecular complexity index is 1490. The molecule has 4 aromatic rings. The highest BCUT2D eigenvalue weighted by molar-refractivity contribution is 7.89. The minimum absolute atomic E-state index is 0.138. The van der Waals surface area contributed by atoms with Gasteiger partial charge in [0.25, 0.3) is 5.91 Å². The van der Waals surface area contributed by atoms with Gasteiger partial charge in [0.05, 0.1) is 20.1 Å². The fourth-order valence-electron chi connectivity index (χ4n) is 3.69. The molecule has 1 heterocycles. The van der Waals surface area contributed by atoms with Crippen LogP contribution in [0.1, 0.15) is 29.8 Å². The molecule has 0 unspecified atom stereocenters. The number of amides is 1. The molecule has 176 valence electrons. The largest absolute Gasteiger partial charge is 0.315 e. The number of carbonyl (C=O) groups excluding carboxylic acids is 1. The maximum absolute atomic E-state index is 13.2. The van der Waals surface area contributed by atoms with E-state index in [4.69, 9.17) is 11.6 Å². The first kappa shape index (κ1) is 24.3. The third-order valence-corrected chi connectivity index (χ3v) is 8.74. The fourth-order valence-corrected chi connectivity index (χ4v) is 6.58. The molecule has 3 aromatic carbocycles. The van der Waals surface area contributed by atoms with Crippen LogP contribution in [0.4, 0.5) is 0 Å². The third kappa shape index (κ3) is 4.86. The van der Waals surface area contributed by atoms with Gasteiger partial charge in [-0.3, -0.25) is 4.79 Å². The molecule has 1 amide bonds. The first-order valence-corrected chi connectivity index (χ1v) is 13.5. The number of para-hydroxylation sites is 1. The number of hydrogen-bond donors (Lipinski definition) is 0. The van der Waals surface area contributed by atoms with E-state index in [1.165, 1.54) is 39.9 Å². The standard InChI is InChI=1S/C25H24ClN3O3S2/c1-3-28(17-18-9-6-5-7-10-18)34(31,32)20-15-13-19(14-16-20)24(30)27-25-29(4-2)23-21(26)11-8-12-22(23)33-25/h5-16H,3-4,17H2,1-2H3. The molecule has 0 atom stereocenters. The third-order valence-electron chi connectivity index (χ3n) is 5.46. The summed E-state index contributed by atoms with van der Waals surface area (Å²) in [5, 5.41) is 0.607. The summed E-state index contributed by atoms with van der Waals surface area (Å²) in [7, 11) is -3.71. The van der Waals surface area contributed by atoms with Crippen LogP contribution in [-0.2, 0) is 23.1 Å². The SMILES string of the molecule is CCN(Cc1ccccc1)S(=O)(=O)c1ccc(C(=O)N=c2sc3cccc(Cl)c3n2CC)cc1. The molecule has 34 heavy (non-hydrogen) atoms. The molecule has 0 aliphatic heterocycles. The highest BCUT2D eigenvalue weighted by Gasteiger charge is 2.23. The predicted octanol–water partition coefficient (Wildman–Crippen LogP) is 5.33. The number of carbonyl (C=O) groups is 1. The zero-order valence-corrected chi connectivity index (χ0v) is 21.2. The van der Waals surface area contributed by atoms with E-state index in [2.05, 4.69) is 4.99 Å². The summed E-state index contributed by atoms with van der Waals surface area (Å²) in [6.45, 7) is 4.99. The van der Waals surface area contributed by atoms with Crippen molar-refractivity contribution in [2.75, 3.05) is 6.54 Å². The van der Waals surface area contributed by atoms with Gasteiger partial charge in [-0.15, -0.1) is 0 Å². The zero-order chi connectivity index (χ0) is 24.3. The van der Waals surface area contributed by atoms with Gasteiger partial charge < -0.3 is 4.57 Å². The Labute approximate surface area is 207 Å². The van der Waals surface area contributed by atoms with E-state index in [0.29, 0.717) is 28.5 Å². The maximum atomic E-state index is 13.2. The van der Waals surface area contributed by atoms with Crippen LogP contribution >= 0.6 is 22.9 Å². The van der Waals surface area contributed by atoms with Crippen LogP contribution in [0.2, 0.25) is 5.02 Å². The van der Waals surface area contributed by atoms with Crippen molar-refractivity contribution in [3.63, 3.8) is 0 Å². The minimum Gasteiger partial charge on any atom is -0.315 e. The van der Waals surface area contributed by atoms with E-state index in [9.17, 15) is 13.2 Å². The Morgan fingerprint density at radius 2 is 1.71 bits per heavy atom. The predicted molar refractivity (Wildman–Crippen MR) is 137 cm³/mol. The molecular weight excluding hydrogens is 490 g/mol. The van der Waals surface area contributed by atoms with Crippen LogP contribution in [-0.4, -0.2) is 29.7 Å². The number of hydrogen-bond acceptors (Lipinski definition) is 4. The summed E-state index contributed by atoms with van der Waals surface area (Å²) in [4.78, 5) is 17.9. The number of rotatable bonds is 7. The molecule has 4 rings (SSSR count). The average Bonchev–Trinajstić information content (AvgIpc) is 3.21. The van der Waals surface area contributed by atoms with Crippen molar-refractivity contribution in [2.24, 2.45) is 4.99 Å². The number of fused-ring (bicyclic) bond motifs is 1. The fraction of sp³-hybridized carbons (Fsp3) is 0.200. The summed E-state index contributed by atoms with van der Waals surface area (Å²) in [6.07, 6.45) is 0. The molecule has 0 bridgehead atoms. The smallest absolute Gasteiger partial charge is 0.279 e. The summed E-state index contributed by atoms with van der Waals surface area (Å²) in [6, 6.07) is 21.0. The topological polar surface area (TPSA) is 71.7 Å². The maximum Gasteiger partial charge on any atom is 0.279 e. The summed E-state index contributed by atoms with van der Waals surface area (Å²) >= 11 is 7.74. The number of aromatic nitrogens is 1. The van der Waals surface area contributed by atoms with Crippen LogP contribution in [0.3, 0.4) is 0 Å². The van der Waals surface area contributed by atoms with E-state index < -0.39 is 15.9 Å². The molecule has 0 radical (unpaired) electrons. The van der Waals surface area contributed by atoms with E-state index in [1.54, 1.807) is 6.92 Å². The Morgan fingerprint density at radius 3 is 2.35 bits per heavy atom. The van der Waals surface area contributed by atoms with Crippen LogP contribution in [0.15, 0.2) is 82.7 Å². The number of benzene rings is 3. The van der Waals surface area contributed by atoms with Gasteiger partial charge in [0, 0.05) is 25.2 Å². The Hall–Kier alpha value is -2.78. The lowest BCUT2D eigenvalue weighted by atomic mass is 10.2. The highest BCUT2D eigenvalue weighted by atomic mass is 35.5. The Kier molecular flexibility index (Phi) is 7.33. The second-order valence-electron chi connectivity index (χ2n) is 7.57. The van der Waals surface area contributed by atoms with Gasteiger partial charge in [0.15, 0.2) is 4.80 Å². The van der Waals surface area contributed by atoms with E-state index >= 15 is 0 Å². The number of halogens is 1. The van der Waals surface area contributed by atoms with Crippen molar-refractivity contribution in [3.05, 3.63) is 93.7 Å². The highest BCUT2D eigenvalue weighted by Crippen LogP contribution is 2.25.